The molecule has 0 atom stereocenters. The molecule has 2 aromatic carbocycles. The Labute approximate surface area is 185 Å². The highest BCUT2D eigenvalue weighted by Gasteiger charge is 2.19. The maximum atomic E-state index is 12.3. The van der Waals surface area contributed by atoms with Crippen LogP contribution in [0.2, 0.25) is 5.02 Å². The van der Waals surface area contributed by atoms with Crippen LogP contribution in [0.5, 0.6) is 5.75 Å². The quantitative estimate of drug-likeness (QED) is 0.274. The van der Waals surface area contributed by atoms with E-state index in [9.17, 15) is 19.7 Å². The van der Waals surface area contributed by atoms with E-state index in [1.165, 1.54) is 17.4 Å². The Kier molecular flexibility index (Phi) is 7.16. The lowest BCUT2D eigenvalue weighted by Crippen LogP contribution is -2.09. The van der Waals surface area contributed by atoms with Gasteiger partial charge < -0.3 is 14.2 Å². The Morgan fingerprint density at radius 1 is 1.10 bits per heavy atom. The van der Waals surface area contributed by atoms with Crippen molar-refractivity contribution in [3.8, 4) is 5.75 Å². The fourth-order valence-electron chi connectivity index (χ4n) is 2.45. The second-order valence-corrected chi connectivity index (χ2v) is 7.45. The van der Waals surface area contributed by atoms with Crippen molar-refractivity contribution in [1.82, 2.24) is 4.98 Å². The molecule has 0 aliphatic rings. The van der Waals surface area contributed by atoms with Crippen molar-refractivity contribution in [1.29, 1.82) is 0 Å². The molecule has 0 unspecified atom stereocenters. The highest BCUT2D eigenvalue weighted by atomic mass is 35.5. The summed E-state index contributed by atoms with van der Waals surface area (Å²) < 4.78 is 15.4. The van der Waals surface area contributed by atoms with Crippen LogP contribution in [0.15, 0.2) is 47.8 Å². The number of benzene rings is 2. The van der Waals surface area contributed by atoms with Crippen LogP contribution in [0.1, 0.15) is 31.4 Å². The van der Waals surface area contributed by atoms with Gasteiger partial charge in [-0.25, -0.2) is 14.6 Å². The van der Waals surface area contributed by atoms with E-state index in [-0.39, 0.29) is 24.3 Å². The third-order valence-corrected chi connectivity index (χ3v) is 5.03. The van der Waals surface area contributed by atoms with Crippen LogP contribution in [0, 0.1) is 10.1 Å². The topological polar surface area (TPSA) is 118 Å². The molecule has 0 bridgehead atoms. The highest BCUT2D eigenvalue weighted by molar-refractivity contribution is 7.09. The van der Waals surface area contributed by atoms with Crippen molar-refractivity contribution in [2.75, 3.05) is 7.11 Å². The molecule has 0 spiro atoms. The summed E-state index contributed by atoms with van der Waals surface area (Å²) in [6.45, 7) is 0.0835. The minimum atomic E-state index is -0.833. The van der Waals surface area contributed by atoms with E-state index < -0.39 is 22.5 Å². The average Bonchev–Trinajstić information content (AvgIpc) is 3.24. The molecule has 160 valence electrons. The van der Waals surface area contributed by atoms with E-state index in [0.717, 1.165) is 19.2 Å². The largest absolute Gasteiger partial charge is 0.486 e. The van der Waals surface area contributed by atoms with E-state index in [0.29, 0.717) is 21.5 Å². The van der Waals surface area contributed by atoms with Crippen LogP contribution in [0.25, 0.3) is 0 Å². The van der Waals surface area contributed by atoms with Crippen molar-refractivity contribution in [3.63, 3.8) is 0 Å². The fraction of sp³-hybridized carbons (Fsp3) is 0.150. The molecule has 0 aliphatic carbocycles. The molecule has 11 heteroatoms. The molecule has 0 aliphatic heterocycles. The van der Waals surface area contributed by atoms with Gasteiger partial charge in [0.15, 0.2) is 0 Å². The first-order valence-electron chi connectivity index (χ1n) is 8.72. The molecule has 0 amide bonds. The minimum absolute atomic E-state index is 0.126. The first kappa shape index (κ1) is 22.2. The number of non-ortho nitro benzene ring substituents is 1. The number of rotatable bonds is 8. The van der Waals surface area contributed by atoms with Crippen molar-refractivity contribution in [2.45, 2.75) is 13.2 Å². The summed E-state index contributed by atoms with van der Waals surface area (Å²) in [7, 11) is 1.13. The number of carbonyl (C=O) groups excluding carboxylic acids is 2. The Morgan fingerprint density at radius 2 is 1.77 bits per heavy atom. The monoisotopic (exact) mass is 462 g/mol. The minimum Gasteiger partial charge on any atom is -0.486 e. The standard InChI is InChI=1S/C20H15ClN2O7S/c1-28-19(24)12-6-13(8-16(7-12)23(26)27)20(25)30-9-15-11-31-18(22-15)10-29-17-4-2-14(21)3-5-17/h2-8,11H,9-10H2,1H3. The van der Waals surface area contributed by atoms with Crippen molar-refractivity contribution >= 4 is 40.6 Å². The van der Waals surface area contributed by atoms with Gasteiger partial charge in [-0.15, -0.1) is 11.3 Å². The smallest absolute Gasteiger partial charge is 0.338 e. The molecule has 0 saturated carbocycles. The zero-order valence-corrected chi connectivity index (χ0v) is 17.6. The Balaban J connectivity index is 1.62. The third-order valence-electron chi connectivity index (χ3n) is 3.91. The SMILES string of the molecule is COC(=O)c1cc(C(=O)OCc2csc(COc3ccc(Cl)cc3)n2)cc([N+](=O)[O-])c1. The molecule has 0 fully saturated rings. The zero-order valence-electron chi connectivity index (χ0n) is 16.1. The number of nitrogens with zero attached hydrogens (tertiary/aromatic N) is 2. The van der Waals surface area contributed by atoms with Crippen molar-refractivity contribution in [3.05, 3.63) is 84.8 Å². The molecule has 3 rings (SSSR count). The van der Waals surface area contributed by atoms with Gasteiger partial charge in [0.25, 0.3) is 5.69 Å². The fourth-order valence-corrected chi connectivity index (χ4v) is 3.27. The Hall–Kier alpha value is -3.50. The number of hydrogen-bond donors (Lipinski definition) is 0. The molecule has 31 heavy (non-hydrogen) atoms. The molecular formula is C20H15ClN2O7S. The molecule has 9 nitrogen and oxygen atoms in total. The second kappa shape index (κ2) is 10.0. The molecule has 0 radical (unpaired) electrons. The maximum absolute atomic E-state index is 12.3. The van der Waals surface area contributed by atoms with Crippen LogP contribution in [-0.2, 0) is 22.7 Å². The lowest BCUT2D eigenvalue weighted by molar-refractivity contribution is -0.384. The Morgan fingerprint density at radius 3 is 2.42 bits per heavy atom. The number of hydrogen-bond acceptors (Lipinski definition) is 9. The molecule has 1 heterocycles. The number of halogens is 1. The molecule has 0 N–H and O–H groups in total. The maximum Gasteiger partial charge on any atom is 0.338 e. The Bertz CT molecular complexity index is 1110. The van der Waals surface area contributed by atoms with E-state index >= 15 is 0 Å². The summed E-state index contributed by atoms with van der Waals surface area (Å²) in [5, 5.41) is 14.1. The van der Waals surface area contributed by atoms with Gasteiger partial charge in [-0.05, 0) is 30.3 Å². The molecule has 0 saturated heterocycles. The van der Waals surface area contributed by atoms with Gasteiger partial charge in [-0.2, -0.15) is 0 Å². The number of carbonyl (C=O) groups is 2. The van der Waals surface area contributed by atoms with Gasteiger partial charge in [0.1, 0.15) is 24.0 Å². The number of nitro groups is 1. The van der Waals surface area contributed by atoms with Crippen LogP contribution in [0.4, 0.5) is 5.69 Å². The van der Waals surface area contributed by atoms with E-state index in [2.05, 4.69) is 9.72 Å². The summed E-state index contributed by atoms with van der Waals surface area (Å²) in [5.74, 6) is -0.997. The first-order chi connectivity index (χ1) is 14.9. The number of thiazole rings is 1. The summed E-state index contributed by atoms with van der Waals surface area (Å²) in [4.78, 5) is 38.7. The summed E-state index contributed by atoms with van der Waals surface area (Å²) in [6.07, 6.45) is 0. The van der Waals surface area contributed by atoms with E-state index in [1.807, 2.05) is 0 Å². The van der Waals surface area contributed by atoms with Gasteiger partial charge in [-0.1, -0.05) is 11.6 Å². The van der Waals surface area contributed by atoms with Gasteiger partial charge in [0, 0.05) is 22.5 Å². The van der Waals surface area contributed by atoms with Crippen LogP contribution in [0.3, 0.4) is 0 Å². The summed E-state index contributed by atoms with van der Waals surface area (Å²) >= 11 is 7.16. The number of methoxy groups -OCH3 is 1. The summed E-state index contributed by atoms with van der Waals surface area (Å²) in [5.41, 5.74) is -0.202. The van der Waals surface area contributed by atoms with E-state index in [1.54, 1.807) is 29.6 Å². The number of nitro benzene ring substituents is 1. The van der Waals surface area contributed by atoms with Gasteiger partial charge >= 0.3 is 11.9 Å². The number of aromatic nitrogens is 1. The third kappa shape index (κ3) is 6.00. The first-order valence-corrected chi connectivity index (χ1v) is 9.98. The van der Waals surface area contributed by atoms with Crippen LogP contribution >= 0.6 is 22.9 Å². The second-order valence-electron chi connectivity index (χ2n) is 6.07. The van der Waals surface area contributed by atoms with Crippen molar-refractivity contribution < 1.29 is 28.7 Å². The normalized spacial score (nSPS) is 10.4. The predicted octanol–water partition coefficient (Wildman–Crippen LogP) is 4.43. The predicted molar refractivity (Wildman–Crippen MR) is 111 cm³/mol. The summed E-state index contributed by atoms with van der Waals surface area (Å²) in [6, 6.07) is 10.1. The van der Waals surface area contributed by atoms with Gasteiger partial charge in [0.2, 0.25) is 0 Å². The lowest BCUT2D eigenvalue weighted by Gasteiger charge is -2.06. The lowest BCUT2D eigenvalue weighted by atomic mass is 10.1. The average molecular weight is 463 g/mol. The van der Waals surface area contributed by atoms with Crippen molar-refractivity contribution in [2.24, 2.45) is 0 Å². The van der Waals surface area contributed by atoms with E-state index in [4.69, 9.17) is 21.1 Å². The molecular weight excluding hydrogens is 448 g/mol. The molecule has 1 aromatic heterocycles. The van der Waals surface area contributed by atoms with Crippen LogP contribution < -0.4 is 4.74 Å². The van der Waals surface area contributed by atoms with Crippen LogP contribution in [-0.4, -0.2) is 29.0 Å². The highest BCUT2D eigenvalue weighted by Crippen LogP contribution is 2.21. The zero-order chi connectivity index (χ0) is 22.4. The number of ether oxygens (including phenoxy) is 3. The van der Waals surface area contributed by atoms with Gasteiger partial charge in [0.05, 0.1) is 28.9 Å². The van der Waals surface area contributed by atoms with Gasteiger partial charge in [-0.3, -0.25) is 10.1 Å². The number of esters is 2. The molecule has 3 aromatic rings.